The molecule has 0 aliphatic heterocycles. The maximum Gasteiger partial charge on any atom is 0.170 e. The number of hydrogen-bond acceptors (Lipinski definition) is 2. The SMILES string of the molecule is COCCCNC(=S)Nc1c(Cl)cc(Br)cc1Cl. The van der Waals surface area contributed by atoms with Crippen molar-refractivity contribution < 1.29 is 4.74 Å². The number of thiocarbonyl (C=S) groups is 1. The molecule has 0 unspecified atom stereocenters. The van der Waals surface area contributed by atoms with E-state index in [9.17, 15) is 0 Å². The smallest absolute Gasteiger partial charge is 0.170 e. The molecule has 1 rings (SSSR count). The van der Waals surface area contributed by atoms with E-state index >= 15 is 0 Å². The van der Waals surface area contributed by atoms with Crippen LogP contribution in [-0.2, 0) is 4.74 Å². The summed E-state index contributed by atoms with van der Waals surface area (Å²) >= 11 is 20.6. The minimum atomic E-state index is 0.484. The van der Waals surface area contributed by atoms with Gasteiger partial charge in [-0.3, -0.25) is 0 Å². The second kappa shape index (κ2) is 8.17. The fourth-order valence-electron chi connectivity index (χ4n) is 1.24. The van der Waals surface area contributed by atoms with Gasteiger partial charge in [-0.15, -0.1) is 0 Å². The van der Waals surface area contributed by atoms with Crippen LogP contribution in [0.15, 0.2) is 16.6 Å². The first-order valence-electron chi connectivity index (χ1n) is 5.23. The first kappa shape index (κ1) is 16.0. The minimum absolute atomic E-state index is 0.484. The summed E-state index contributed by atoms with van der Waals surface area (Å²) in [6.07, 6.45) is 0.875. The van der Waals surface area contributed by atoms with E-state index in [1.165, 1.54) is 0 Å². The standard InChI is InChI=1S/C11H13BrCl2N2OS/c1-17-4-2-3-15-11(18)16-10-8(13)5-7(12)6-9(10)14/h5-6H,2-4H2,1H3,(H2,15,16,18). The van der Waals surface area contributed by atoms with E-state index in [2.05, 4.69) is 26.6 Å². The van der Waals surface area contributed by atoms with E-state index < -0.39 is 0 Å². The average Bonchev–Trinajstić information content (AvgIpc) is 2.29. The molecule has 0 bridgehead atoms. The highest BCUT2D eigenvalue weighted by Gasteiger charge is 2.08. The zero-order valence-corrected chi connectivity index (χ0v) is 13.6. The van der Waals surface area contributed by atoms with Crippen LogP contribution in [0.25, 0.3) is 0 Å². The van der Waals surface area contributed by atoms with Crippen molar-refractivity contribution in [1.29, 1.82) is 0 Å². The summed E-state index contributed by atoms with van der Waals surface area (Å²) in [6, 6.07) is 3.51. The lowest BCUT2D eigenvalue weighted by molar-refractivity contribution is 0.196. The number of hydrogen-bond donors (Lipinski definition) is 2. The molecular weight excluding hydrogens is 359 g/mol. The summed E-state index contributed by atoms with van der Waals surface area (Å²) in [5.74, 6) is 0. The van der Waals surface area contributed by atoms with Crippen LogP contribution in [-0.4, -0.2) is 25.4 Å². The summed E-state index contributed by atoms with van der Waals surface area (Å²) in [6.45, 7) is 1.42. The Bertz CT molecular complexity index is 408. The van der Waals surface area contributed by atoms with Crippen molar-refractivity contribution in [3.63, 3.8) is 0 Å². The van der Waals surface area contributed by atoms with Gasteiger partial charge in [0.05, 0.1) is 15.7 Å². The van der Waals surface area contributed by atoms with Gasteiger partial charge < -0.3 is 15.4 Å². The predicted octanol–water partition coefficient (Wildman–Crippen LogP) is 4.08. The highest BCUT2D eigenvalue weighted by molar-refractivity contribution is 9.10. The lowest BCUT2D eigenvalue weighted by Gasteiger charge is -2.13. The average molecular weight is 372 g/mol. The van der Waals surface area contributed by atoms with Crippen LogP contribution < -0.4 is 10.6 Å². The van der Waals surface area contributed by atoms with Gasteiger partial charge in [0.2, 0.25) is 0 Å². The molecular formula is C11H13BrCl2N2OS. The van der Waals surface area contributed by atoms with Crippen LogP contribution in [0.4, 0.5) is 5.69 Å². The largest absolute Gasteiger partial charge is 0.385 e. The number of rotatable bonds is 5. The lowest BCUT2D eigenvalue weighted by atomic mass is 10.3. The monoisotopic (exact) mass is 370 g/mol. The van der Waals surface area contributed by atoms with Gasteiger partial charge in [0.25, 0.3) is 0 Å². The molecule has 100 valence electrons. The number of methoxy groups -OCH3 is 1. The van der Waals surface area contributed by atoms with Crippen molar-refractivity contribution in [1.82, 2.24) is 5.32 Å². The Labute approximate surface area is 130 Å². The number of ether oxygens (including phenoxy) is 1. The Morgan fingerprint density at radius 2 is 2.00 bits per heavy atom. The molecule has 7 heteroatoms. The quantitative estimate of drug-likeness (QED) is 0.603. The van der Waals surface area contributed by atoms with Crippen LogP contribution in [0.3, 0.4) is 0 Å². The van der Waals surface area contributed by atoms with E-state index in [1.807, 2.05) is 0 Å². The molecule has 0 heterocycles. The van der Waals surface area contributed by atoms with Gasteiger partial charge in [-0.05, 0) is 30.8 Å². The molecule has 0 saturated carbocycles. The molecule has 0 radical (unpaired) electrons. The number of halogens is 3. The highest BCUT2D eigenvalue weighted by Crippen LogP contribution is 2.33. The first-order valence-corrected chi connectivity index (χ1v) is 7.18. The zero-order valence-electron chi connectivity index (χ0n) is 9.73. The fraction of sp³-hybridized carbons (Fsp3) is 0.364. The predicted molar refractivity (Wildman–Crippen MR) is 84.9 cm³/mol. The Balaban J connectivity index is 2.54. The van der Waals surface area contributed by atoms with Gasteiger partial charge >= 0.3 is 0 Å². The summed E-state index contributed by atoms with van der Waals surface area (Å²) in [5, 5.41) is 7.53. The topological polar surface area (TPSA) is 33.3 Å². The Hall–Kier alpha value is -0.0700. The van der Waals surface area contributed by atoms with Crippen molar-refractivity contribution in [2.45, 2.75) is 6.42 Å². The Morgan fingerprint density at radius 3 is 2.56 bits per heavy atom. The molecule has 0 aliphatic carbocycles. The Morgan fingerprint density at radius 1 is 1.39 bits per heavy atom. The molecule has 18 heavy (non-hydrogen) atoms. The first-order chi connectivity index (χ1) is 8.54. The number of nitrogens with one attached hydrogen (secondary N) is 2. The fourth-order valence-corrected chi connectivity index (χ4v) is 2.74. The van der Waals surface area contributed by atoms with E-state index in [0.29, 0.717) is 27.5 Å². The number of benzene rings is 1. The minimum Gasteiger partial charge on any atom is -0.385 e. The summed E-state index contributed by atoms with van der Waals surface area (Å²) < 4.78 is 5.76. The van der Waals surface area contributed by atoms with Crippen LogP contribution in [0.5, 0.6) is 0 Å². The van der Waals surface area contributed by atoms with Gasteiger partial charge in [-0.1, -0.05) is 39.1 Å². The molecule has 0 aliphatic rings. The molecule has 0 spiro atoms. The van der Waals surface area contributed by atoms with Gasteiger partial charge in [-0.25, -0.2) is 0 Å². The van der Waals surface area contributed by atoms with Crippen molar-refractivity contribution >= 4 is 62.1 Å². The normalized spacial score (nSPS) is 10.2. The second-order valence-corrected chi connectivity index (χ2v) is 5.61. The van der Waals surface area contributed by atoms with E-state index in [-0.39, 0.29) is 0 Å². The molecule has 3 nitrogen and oxygen atoms in total. The van der Waals surface area contributed by atoms with E-state index in [0.717, 1.165) is 17.4 Å². The summed E-state index contributed by atoms with van der Waals surface area (Å²) in [7, 11) is 1.66. The van der Waals surface area contributed by atoms with Crippen LogP contribution in [0.1, 0.15) is 6.42 Å². The van der Waals surface area contributed by atoms with Gasteiger partial charge in [-0.2, -0.15) is 0 Å². The molecule has 2 N–H and O–H groups in total. The third-order valence-electron chi connectivity index (χ3n) is 2.06. The molecule has 0 fully saturated rings. The van der Waals surface area contributed by atoms with Crippen molar-refractivity contribution in [2.24, 2.45) is 0 Å². The molecule has 0 atom stereocenters. The summed E-state index contributed by atoms with van der Waals surface area (Å²) in [5.41, 5.74) is 0.603. The molecule has 0 aromatic heterocycles. The molecule has 1 aromatic rings. The zero-order chi connectivity index (χ0) is 13.5. The number of anilines is 1. The third-order valence-corrected chi connectivity index (χ3v) is 3.36. The van der Waals surface area contributed by atoms with Crippen molar-refractivity contribution in [3.8, 4) is 0 Å². The van der Waals surface area contributed by atoms with E-state index in [4.69, 9.17) is 40.2 Å². The second-order valence-electron chi connectivity index (χ2n) is 3.47. The highest BCUT2D eigenvalue weighted by atomic mass is 79.9. The van der Waals surface area contributed by atoms with Crippen LogP contribution in [0, 0.1) is 0 Å². The van der Waals surface area contributed by atoms with Crippen LogP contribution >= 0.6 is 51.3 Å². The third kappa shape index (κ3) is 5.28. The molecule has 1 aromatic carbocycles. The van der Waals surface area contributed by atoms with Gasteiger partial charge in [0.15, 0.2) is 5.11 Å². The van der Waals surface area contributed by atoms with Gasteiger partial charge in [0, 0.05) is 24.7 Å². The lowest BCUT2D eigenvalue weighted by Crippen LogP contribution is -2.30. The molecule has 0 amide bonds. The summed E-state index contributed by atoms with van der Waals surface area (Å²) in [4.78, 5) is 0. The van der Waals surface area contributed by atoms with Gasteiger partial charge in [0.1, 0.15) is 0 Å². The van der Waals surface area contributed by atoms with Crippen LogP contribution in [0.2, 0.25) is 10.0 Å². The van der Waals surface area contributed by atoms with Crippen molar-refractivity contribution in [3.05, 3.63) is 26.7 Å². The maximum atomic E-state index is 6.08. The van der Waals surface area contributed by atoms with E-state index in [1.54, 1.807) is 19.2 Å². The van der Waals surface area contributed by atoms with Crippen molar-refractivity contribution in [2.75, 3.05) is 25.6 Å². The maximum absolute atomic E-state index is 6.08. The molecule has 0 saturated heterocycles. The Kier molecular flexibility index (Phi) is 7.26.